The van der Waals surface area contributed by atoms with Crippen LogP contribution in [0.2, 0.25) is 0 Å². The predicted octanol–water partition coefficient (Wildman–Crippen LogP) is 3.46. The molecule has 0 aliphatic carbocycles. The Bertz CT molecular complexity index is 547. The normalized spacial score (nSPS) is 13.5. The minimum absolute atomic E-state index is 0.00328. The summed E-state index contributed by atoms with van der Waals surface area (Å²) in [5.74, 6) is 2.55. The number of terminal acetylenes is 1. The zero-order valence-electron chi connectivity index (χ0n) is 13.0. The van der Waals surface area contributed by atoms with Crippen LogP contribution in [-0.2, 0) is 13.1 Å². The first-order valence-electron chi connectivity index (χ1n) is 7.64. The van der Waals surface area contributed by atoms with Gasteiger partial charge in [0.15, 0.2) is 0 Å². The molecule has 0 aromatic heterocycles. The molecule has 2 aromatic rings. The fourth-order valence-corrected chi connectivity index (χ4v) is 2.51. The molecule has 0 amide bonds. The standard InChI is InChI=1S/C20H23NO/c1-3-10-20(22)17(2)21(15-18-11-6-4-7-12-18)16-19-13-8-5-9-14-19/h1,4-9,11-14,17,20,22H,10,15-16H2,2H3/t17-,20-/m0/s1. The third-order valence-corrected chi connectivity index (χ3v) is 3.92. The number of hydrogen-bond acceptors (Lipinski definition) is 2. The van der Waals surface area contributed by atoms with Crippen LogP contribution in [0.15, 0.2) is 60.7 Å². The Hall–Kier alpha value is -2.08. The van der Waals surface area contributed by atoms with Gasteiger partial charge in [0.2, 0.25) is 0 Å². The molecule has 0 spiro atoms. The van der Waals surface area contributed by atoms with E-state index in [1.807, 2.05) is 43.3 Å². The highest BCUT2D eigenvalue weighted by Crippen LogP contribution is 2.16. The van der Waals surface area contributed by atoms with Gasteiger partial charge in [-0.05, 0) is 18.1 Å². The maximum absolute atomic E-state index is 10.3. The SMILES string of the molecule is C#CC[C@H](O)[C@H](C)N(Cc1ccccc1)Cc1ccccc1. The molecule has 0 unspecified atom stereocenters. The summed E-state index contributed by atoms with van der Waals surface area (Å²) in [6.07, 6.45) is 5.20. The average Bonchev–Trinajstić information content (AvgIpc) is 2.56. The highest BCUT2D eigenvalue weighted by Gasteiger charge is 2.21. The van der Waals surface area contributed by atoms with E-state index in [1.54, 1.807) is 0 Å². The molecule has 0 saturated carbocycles. The molecule has 2 atom stereocenters. The summed E-state index contributed by atoms with van der Waals surface area (Å²) in [6, 6.07) is 20.6. The van der Waals surface area contributed by atoms with Crippen molar-refractivity contribution >= 4 is 0 Å². The summed E-state index contributed by atoms with van der Waals surface area (Å²) in [6.45, 7) is 3.62. The molecule has 2 nitrogen and oxygen atoms in total. The van der Waals surface area contributed by atoms with Crippen LogP contribution in [0, 0.1) is 12.3 Å². The number of rotatable bonds is 7. The molecule has 2 heteroatoms. The monoisotopic (exact) mass is 293 g/mol. The van der Waals surface area contributed by atoms with Crippen LogP contribution in [0.1, 0.15) is 24.5 Å². The van der Waals surface area contributed by atoms with Crippen molar-refractivity contribution in [2.24, 2.45) is 0 Å². The molecule has 2 rings (SSSR count). The number of nitrogens with zero attached hydrogens (tertiary/aromatic N) is 1. The fraction of sp³-hybridized carbons (Fsp3) is 0.300. The Labute approximate surface area is 133 Å². The van der Waals surface area contributed by atoms with E-state index in [0.717, 1.165) is 13.1 Å². The van der Waals surface area contributed by atoms with E-state index in [1.165, 1.54) is 11.1 Å². The van der Waals surface area contributed by atoms with Gasteiger partial charge >= 0.3 is 0 Å². The molecule has 22 heavy (non-hydrogen) atoms. The lowest BCUT2D eigenvalue weighted by Gasteiger charge is -2.32. The molecule has 0 bridgehead atoms. The van der Waals surface area contributed by atoms with Crippen LogP contribution in [0.3, 0.4) is 0 Å². The largest absolute Gasteiger partial charge is 0.391 e. The Morgan fingerprint density at radius 1 is 0.955 bits per heavy atom. The van der Waals surface area contributed by atoms with Crippen LogP contribution in [0.25, 0.3) is 0 Å². The van der Waals surface area contributed by atoms with Gasteiger partial charge in [-0.3, -0.25) is 4.90 Å². The molecule has 2 aromatic carbocycles. The van der Waals surface area contributed by atoms with Crippen molar-refractivity contribution in [1.82, 2.24) is 4.90 Å². The van der Waals surface area contributed by atoms with Gasteiger partial charge in [-0.1, -0.05) is 60.7 Å². The molecule has 0 heterocycles. The predicted molar refractivity (Wildman–Crippen MR) is 91.0 cm³/mol. The molecular formula is C20H23NO. The van der Waals surface area contributed by atoms with Crippen molar-refractivity contribution in [2.45, 2.75) is 38.6 Å². The minimum Gasteiger partial charge on any atom is -0.391 e. The summed E-state index contributed by atoms with van der Waals surface area (Å²) in [7, 11) is 0. The Balaban J connectivity index is 2.14. The zero-order valence-corrected chi connectivity index (χ0v) is 13.0. The highest BCUT2D eigenvalue weighted by molar-refractivity contribution is 5.17. The van der Waals surface area contributed by atoms with Crippen molar-refractivity contribution in [3.8, 4) is 12.3 Å². The second-order valence-electron chi connectivity index (χ2n) is 5.59. The lowest BCUT2D eigenvalue weighted by Crippen LogP contribution is -2.40. The van der Waals surface area contributed by atoms with E-state index in [9.17, 15) is 5.11 Å². The molecule has 114 valence electrons. The molecule has 0 fully saturated rings. The van der Waals surface area contributed by atoms with Gasteiger partial charge in [0.05, 0.1) is 6.10 Å². The summed E-state index contributed by atoms with van der Waals surface area (Å²) in [5, 5.41) is 10.3. The summed E-state index contributed by atoms with van der Waals surface area (Å²) >= 11 is 0. The Morgan fingerprint density at radius 2 is 1.41 bits per heavy atom. The van der Waals surface area contributed by atoms with E-state index in [2.05, 4.69) is 35.1 Å². The van der Waals surface area contributed by atoms with Crippen molar-refractivity contribution in [3.63, 3.8) is 0 Å². The number of hydrogen-bond donors (Lipinski definition) is 1. The van der Waals surface area contributed by atoms with Gasteiger partial charge in [0.1, 0.15) is 0 Å². The van der Waals surface area contributed by atoms with Crippen LogP contribution < -0.4 is 0 Å². The van der Waals surface area contributed by atoms with E-state index in [0.29, 0.717) is 6.42 Å². The van der Waals surface area contributed by atoms with Gasteiger partial charge in [-0.15, -0.1) is 12.3 Å². The lowest BCUT2D eigenvalue weighted by molar-refractivity contribution is 0.0524. The Morgan fingerprint density at radius 3 is 1.82 bits per heavy atom. The quantitative estimate of drug-likeness (QED) is 0.790. The van der Waals surface area contributed by atoms with E-state index in [4.69, 9.17) is 6.42 Å². The number of benzene rings is 2. The van der Waals surface area contributed by atoms with Crippen LogP contribution >= 0.6 is 0 Å². The van der Waals surface area contributed by atoms with Crippen LogP contribution in [-0.4, -0.2) is 22.2 Å². The molecule has 0 radical (unpaired) electrons. The second kappa shape index (κ2) is 8.38. The Kier molecular flexibility index (Phi) is 6.21. The third-order valence-electron chi connectivity index (χ3n) is 3.92. The van der Waals surface area contributed by atoms with Crippen molar-refractivity contribution < 1.29 is 5.11 Å². The topological polar surface area (TPSA) is 23.5 Å². The van der Waals surface area contributed by atoms with Crippen molar-refractivity contribution in [2.75, 3.05) is 0 Å². The number of aliphatic hydroxyl groups excluding tert-OH is 1. The van der Waals surface area contributed by atoms with E-state index >= 15 is 0 Å². The first kappa shape index (κ1) is 16.3. The zero-order chi connectivity index (χ0) is 15.8. The summed E-state index contributed by atoms with van der Waals surface area (Å²) < 4.78 is 0. The lowest BCUT2D eigenvalue weighted by atomic mass is 10.1. The van der Waals surface area contributed by atoms with Gasteiger partial charge < -0.3 is 5.11 Å². The third kappa shape index (κ3) is 4.73. The molecule has 1 N–H and O–H groups in total. The summed E-state index contributed by atoms with van der Waals surface area (Å²) in [4.78, 5) is 2.27. The highest BCUT2D eigenvalue weighted by atomic mass is 16.3. The average molecular weight is 293 g/mol. The maximum atomic E-state index is 10.3. The molecular weight excluding hydrogens is 270 g/mol. The summed E-state index contributed by atoms with van der Waals surface area (Å²) in [5.41, 5.74) is 2.47. The van der Waals surface area contributed by atoms with Gasteiger partial charge in [-0.2, -0.15) is 0 Å². The fourth-order valence-electron chi connectivity index (χ4n) is 2.51. The van der Waals surface area contributed by atoms with E-state index in [-0.39, 0.29) is 6.04 Å². The maximum Gasteiger partial charge on any atom is 0.0801 e. The van der Waals surface area contributed by atoms with Crippen molar-refractivity contribution in [3.05, 3.63) is 71.8 Å². The van der Waals surface area contributed by atoms with Gasteiger partial charge in [0.25, 0.3) is 0 Å². The minimum atomic E-state index is -0.516. The van der Waals surface area contributed by atoms with E-state index < -0.39 is 6.10 Å². The smallest absolute Gasteiger partial charge is 0.0801 e. The van der Waals surface area contributed by atoms with Crippen molar-refractivity contribution in [1.29, 1.82) is 0 Å². The molecule has 0 aliphatic rings. The van der Waals surface area contributed by atoms with Gasteiger partial charge in [0, 0.05) is 25.6 Å². The van der Waals surface area contributed by atoms with Gasteiger partial charge in [-0.25, -0.2) is 0 Å². The molecule has 0 aliphatic heterocycles. The van der Waals surface area contributed by atoms with Crippen LogP contribution in [0.4, 0.5) is 0 Å². The first-order chi connectivity index (χ1) is 10.7. The van der Waals surface area contributed by atoms with Crippen LogP contribution in [0.5, 0.6) is 0 Å². The molecule has 0 saturated heterocycles. The number of aliphatic hydroxyl groups is 1. The second-order valence-corrected chi connectivity index (χ2v) is 5.59. The first-order valence-corrected chi connectivity index (χ1v) is 7.64.